The summed E-state index contributed by atoms with van der Waals surface area (Å²) in [7, 11) is 0. The highest BCUT2D eigenvalue weighted by molar-refractivity contribution is 6.05. The smallest absolute Gasteiger partial charge is 0.329 e. The molecule has 0 aliphatic heterocycles. The Balaban J connectivity index is 1.99. The minimum atomic E-state index is -0.646. The first-order valence-electron chi connectivity index (χ1n) is 9.52. The van der Waals surface area contributed by atoms with Gasteiger partial charge in [-0.25, -0.2) is 14.2 Å². The predicted octanol–water partition coefficient (Wildman–Crippen LogP) is 2.34. The Morgan fingerprint density at radius 2 is 2.03 bits per heavy atom. The Hall–Kier alpha value is -3.29. The number of fused-ring (bicyclic) bond motifs is 1. The van der Waals surface area contributed by atoms with Crippen LogP contribution in [0.4, 0.5) is 4.39 Å². The average Bonchev–Trinajstić information content (AvgIpc) is 2.67. The molecule has 0 radical (unpaired) electrons. The summed E-state index contributed by atoms with van der Waals surface area (Å²) in [5.41, 5.74) is 0.526. The van der Waals surface area contributed by atoms with Crippen molar-refractivity contribution in [3.05, 3.63) is 73.8 Å². The number of amides is 1. The van der Waals surface area contributed by atoms with Gasteiger partial charge in [0.15, 0.2) is 5.65 Å². The molecule has 0 bridgehead atoms. The van der Waals surface area contributed by atoms with E-state index < -0.39 is 17.2 Å². The van der Waals surface area contributed by atoms with Crippen molar-refractivity contribution in [2.75, 3.05) is 6.54 Å². The van der Waals surface area contributed by atoms with Gasteiger partial charge in [0.1, 0.15) is 5.82 Å². The molecule has 1 amide bonds. The fourth-order valence-corrected chi connectivity index (χ4v) is 3.17. The standard InChI is InChI=1S/C21H23FN4O3/c1-4-26-18-17(20(28)25-21(26)29)15(11-16(24-18)12(2)3)19(27)23-9-8-13-6-5-7-14(22)10-13/h5-7,10-12H,4,8-9H2,1-3H3,(H,23,27)(H,25,28,29). The number of nitrogens with zero attached hydrogens (tertiary/aromatic N) is 2. The maximum absolute atomic E-state index is 13.3. The lowest BCUT2D eigenvalue weighted by molar-refractivity contribution is 0.0955. The summed E-state index contributed by atoms with van der Waals surface area (Å²) >= 11 is 0. The summed E-state index contributed by atoms with van der Waals surface area (Å²) in [6, 6.07) is 7.75. The van der Waals surface area contributed by atoms with Crippen LogP contribution in [0.25, 0.3) is 11.0 Å². The number of H-pyrrole nitrogens is 1. The molecule has 0 unspecified atom stereocenters. The number of carbonyl (C=O) groups excluding carboxylic acids is 1. The molecule has 29 heavy (non-hydrogen) atoms. The van der Waals surface area contributed by atoms with E-state index in [2.05, 4.69) is 15.3 Å². The Morgan fingerprint density at radius 1 is 1.28 bits per heavy atom. The highest BCUT2D eigenvalue weighted by Crippen LogP contribution is 2.19. The zero-order chi connectivity index (χ0) is 21.1. The van der Waals surface area contributed by atoms with Crippen LogP contribution in [-0.4, -0.2) is 27.0 Å². The number of pyridine rings is 1. The van der Waals surface area contributed by atoms with Gasteiger partial charge in [0, 0.05) is 18.8 Å². The maximum Gasteiger partial charge on any atom is 0.329 e. The van der Waals surface area contributed by atoms with E-state index in [9.17, 15) is 18.8 Å². The molecule has 0 saturated carbocycles. The molecule has 152 valence electrons. The molecule has 3 aromatic rings. The molecule has 7 nitrogen and oxygen atoms in total. The Labute approximate surface area is 166 Å². The highest BCUT2D eigenvalue weighted by Gasteiger charge is 2.20. The van der Waals surface area contributed by atoms with E-state index in [4.69, 9.17) is 0 Å². The van der Waals surface area contributed by atoms with E-state index in [-0.39, 0.29) is 34.9 Å². The Kier molecular flexibility index (Phi) is 5.91. The van der Waals surface area contributed by atoms with Gasteiger partial charge in [-0.2, -0.15) is 0 Å². The monoisotopic (exact) mass is 398 g/mol. The number of aromatic nitrogens is 3. The number of hydrogen-bond acceptors (Lipinski definition) is 4. The predicted molar refractivity (Wildman–Crippen MR) is 109 cm³/mol. The van der Waals surface area contributed by atoms with Gasteiger partial charge < -0.3 is 5.32 Å². The van der Waals surface area contributed by atoms with Crippen LogP contribution in [0.5, 0.6) is 0 Å². The summed E-state index contributed by atoms with van der Waals surface area (Å²) < 4.78 is 14.6. The SMILES string of the molecule is CCn1c(=O)[nH]c(=O)c2c(C(=O)NCCc3cccc(F)c3)cc(C(C)C)nc21. The molecule has 8 heteroatoms. The zero-order valence-corrected chi connectivity index (χ0v) is 16.6. The van der Waals surface area contributed by atoms with Crippen LogP contribution in [0.15, 0.2) is 39.9 Å². The van der Waals surface area contributed by atoms with Crippen LogP contribution in [0.2, 0.25) is 0 Å². The fourth-order valence-electron chi connectivity index (χ4n) is 3.17. The first kappa shape index (κ1) is 20.4. The molecule has 0 aliphatic carbocycles. The lowest BCUT2D eigenvalue weighted by Crippen LogP contribution is -2.33. The van der Waals surface area contributed by atoms with Crippen molar-refractivity contribution in [3.8, 4) is 0 Å². The second kappa shape index (κ2) is 8.38. The number of nitrogens with one attached hydrogen (secondary N) is 2. The number of hydrogen-bond donors (Lipinski definition) is 2. The van der Waals surface area contributed by atoms with Gasteiger partial charge >= 0.3 is 5.69 Å². The molecule has 0 spiro atoms. The van der Waals surface area contributed by atoms with Gasteiger partial charge in [-0.3, -0.25) is 19.1 Å². The minimum Gasteiger partial charge on any atom is -0.352 e. The lowest BCUT2D eigenvalue weighted by Gasteiger charge is -2.14. The molecule has 2 N–H and O–H groups in total. The normalized spacial score (nSPS) is 11.2. The van der Waals surface area contributed by atoms with E-state index >= 15 is 0 Å². The molecule has 0 fully saturated rings. The number of rotatable bonds is 6. The van der Waals surface area contributed by atoms with Gasteiger partial charge in [0.05, 0.1) is 10.9 Å². The van der Waals surface area contributed by atoms with Crippen LogP contribution in [0.3, 0.4) is 0 Å². The van der Waals surface area contributed by atoms with Crippen LogP contribution in [-0.2, 0) is 13.0 Å². The van der Waals surface area contributed by atoms with Crippen molar-refractivity contribution in [2.45, 2.75) is 39.7 Å². The molecule has 0 aliphatic rings. The third-order valence-corrected chi connectivity index (χ3v) is 4.71. The molecule has 0 saturated heterocycles. The zero-order valence-electron chi connectivity index (χ0n) is 16.6. The average molecular weight is 398 g/mol. The van der Waals surface area contributed by atoms with Gasteiger partial charge in [-0.1, -0.05) is 26.0 Å². The minimum absolute atomic E-state index is 0.00191. The number of aryl methyl sites for hydroxylation is 1. The molecular formula is C21H23FN4O3. The summed E-state index contributed by atoms with van der Waals surface area (Å²) in [5.74, 6) is -0.778. The number of aromatic amines is 1. The van der Waals surface area contributed by atoms with Crippen LogP contribution < -0.4 is 16.6 Å². The van der Waals surface area contributed by atoms with Gasteiger partial charge in [-0.15, -0.1) is 0 Å². The first-order chi connectivity index (χ1) is 13.8. The highest BCUT2D eigenvalue weighted by atomic mass is 19.1. The third-order valence-electron chi connectivity index (χ3n) is 4.71. The van der Waals surface area contributed by atoms with Crippen LogP contribution in [0.1, 0.15) is 48.3 Å². The number of halogens is 1. The van der Waals surface area contributed by atoms with Crippen molar-refractivity contribution in [2.24, 2.45) is 0 Å². The van der Waals surface area contributed by atoms with Crippen molar-refractivity contribution in [1.29, 1.82) is 0 Å². The van der Waals surface area contributed by atoms with Crippen molar-refractivity contribution in [3.63, 3.8) is 0 Å². The summed E-state index contributed by atoms with van der Waals surface area (Å²) in [4.78, 5) is 44.2. The van der Waals surface area contributed by atoms with E-state index in [0.29, 0.717) is 18.7 Å². The largest absolute Gasteiger partial charge is 0.352 e. The molecule has 2 heterocycles. The molecule has 2 aromatic heterocycles. The van der Waals surface area contributed by atoms with Crippen molar-refractivity contribution >= 4 is 16.9 Å². The second-order valence-corrected chi connectivity index (χ2v) is 7.09. The van der Waals surface area contributed by atoms with Crippen LogP contribution in [0, 0.1) is 5.82 Å². The van der Waals surface area contributed by atoms with Crippen molar-refractivity contribution < 1.29 is 9.18 Å². The van der Waals surface area contributed by atoms with E-state index in [1.807, 2.05) is 13.8 Å². The summed E-state index contributed by atoms with van der Waals surface area (Å²) in [6.45, 7) is 6.18. The van der Waals surface area contributed by atoms with E-state index in [1.165, 1.54) is 16.7 Å². The molecular weight excluding hydrogens is 375 g/mol. The van der Waals surface area contributed by atoms with Gasteiger partial charge in [0.2, 0.25) is 0 Å². The van der Waals surface area contributed by atoms with E-state index in [1.54, 1.807) is 25.1 Å². The van der Waals surface area contributed by atoms with Crippen LogP contribution >= 0.6 is 0 Å². The quantitative estimate of drug-likeness (QED) is 0.666. The third kappa shape index (κ3) is 4.26. The van der Waals surface area contributed by atoms with E-state index in [0.717, 1.165) is 5.56 Å². The second-order valence-electron chi connectivity index (χ2n) is 7.09. The number of benzene rings is 1. The number of carbonyl (C=O) groups is 1. The molecule has 0 atom stereocenters. The summed E-state index contributed by atoms with van der Waals surface area (Å²) in [5, 5.41) is 2.86. The Morgan fingerprint density at radius 3 is 2.69 bits per heavy atom. The molecule has 1 aromatic carbocycles. The maximum atomic E-state index is 13.3. The van der Waals surface area contributed by atoms with Crippen molar-refractivity contribution in [1.82, 2.24) is 19.9 Å². The molecule has 3 rings (SSSR count). The van der Waals surface area contributed by atoms with Gasteiger partial charge in [0.25, 0.3) is 11.5 Å². The summed E-state index contributed by atoms with van der Waals surface area (Å²) in [6.07, 6.45) is 0.444. The Bertz CT molecular complexity index is 1180. The van der Waals surface area contributed by atoms with Gasteiger partial charge in [-0.05, 0) is 43.0 Å². The first-order valence-corrected chi connectivity index (χ1v) is 9.52. The fraction of sp³-hybridized carbons (Fsp3) is 0.333. The lowest BCUT2D eigenvalue weighted by atomic mass is 10.0. The topological polar surface area (TPSA) is 96.9 Å².